The molecule has 1 fully saturated rings. The highest BCUT2D eigenvalue weighted by molar-refractivity contribution is 7.98. The monoisotopic (exact) mass is 362 g/mol. The van der Waals surface area contributed by atoms with Gasteiger partial charge < -0.3 is 14.6 Å². The van der Waals surface area contributed by atoms with E-state index in [0.29, 0.717) is 33.7 Å². The summed E-state index contributed by atoms with van der Waals surface area (Å²) >= 11 is 13.7. The Morgan fingerprint density at radius 1 is 1.50 bits per heavy atom. The third-order valence-corrected chi connectivity index (χ3v) is 3.94. The van der Waals surface area contributed by atoms with Gasteiger partial charge in [0.05, 0.1) is 17.5 Å². The first-order chi connectivity index (χ1) is 10.5. The molecule has 1 saturated heterocycles. The molecule has 0 aliphatic carbocycles. The van der Waals surface area contributed by atoms with Crippen LogP contribution in [0.3, 0.4) is 0 Å². The smallest absolute Gasteiger partial charge is 0.309 e. The molecule has 0 amide bonds. The fourth-order valence-corrected chi connectivity index (χ4v) is 2.88. The Bertz CT molecular complexity index is 577. The van der Waals surface area contributed by atoms with Gasteiger partial charge in [-0.1, -0.05) is 29.3 Å². The van der Waals surface area contributed by atoms with E-state index in [4.69, 9.17) is 32.7 Å². The summed E-state index contributed by atoms with van der Waals surface area (Å²) in [4.78, 5) is 11.3. The second-order valence-corrected chi connectivity index (χ2v) is 6.49. The molecule has 1 N–H and O–H groups in total. The lowest BCUT2D eigenvalue weighted by Gasteiger charge is -2.23. The number of halogens is 2. The highest BCUT2D eigenvalue weighted by Crippen LogP contribution is 2.33. The molecular weight excluding hydrogens is 347 g/mol. The molecule has 0 saturated carbocycles. The highest BCUT2D eigenvalue weighted by atomic mass is 35.5. The van der Waals surface area contributed by atoms with Crippen molar-refractivity contribution in [1.82, 2.24) is 0 Å². The van der Waals surface area contributed by atoms with Crippen LogP contribution in [0, 0.1) is 0 Å². The van der Waals surface area contributed by atoms with E-state index in [1.165, 1.54) is 11.8 Å². The van der Waals surface area contributed by atoms with E-state index in [0.717, 1.165) is 0 Å². The number of carbonyl (C=O) groups is 1. The van der Waals surface area contributed by atoms with Crippen molar-refractivity contribution in [2.75, 3.05) is 12.2 Å². The summed E-state index contributed by atoms with van der Waals surface area (Å²) in [5.41, 5.74) is 0.663. The molecule has 2 atom stereocenters. The molecule has 4 nitrogen and oxygen atoms in total. The van der Waals surface area contributed by atoms with Gasteiger partial charge in [-0.25, -0.2) is 0 Å². The van der Waals surface area contributed by atoms with Crippen molar-refractivity contribution in [2.24, 2.45) is 0 Å². The second-order valence-electron chi connectivity index (χ2n) is 4.83. The van der Waals surface area contributed by atoms with Crippen LogP contribution >= 0.6 is 35.0 Å². The molecule has 1 aliphatic rings. The standard InChI is InChI=1S/C15H16Cl2O4S/c1-22-8-20-14-5-9(16)4-13(17)12(14)3-2-11-6-10(18)7-15(19)21-11/h2-5,10-11,18H,6-8H2,1H3/b3-2+/t10-,11-/m1/s1. The maximum atomic E-state index is 11.3. The molecule has 0 radical (unpaired) electrons. The summed E-state index contributed by atoms with van der Waals surface area (Å²) in [7, 11) is 0. The summed E-state index contributed by atoms with van der Waals surface area (Å²) < 4.78 is 10.8. The number of thioether (sulfide) groups is 1. The van der Waals surface area contributed by atoms with Crippen molar-refractivity contribution in [1.29, 1.82) is 0 Å². The second kappa shape index (κ2) is 8.11. The van der Waals surface area contributed by atoms with Gasteiger partial charge in [-0.15, -0.1) is 11.8 Å². The minimum absolute atomic E-state index is 0.0358. The quantitative estimate of drug-likeness (QED) is 0.638. The van der Waals surface area contributed by atoms with Crippen LogP contribution in [0.15, 0.2) is 18.2 Å². The lowest BCUT2D eigenvalue weighted by Crippen LogP contribution is -2.31. The molecule has 7 heteroatoms. The average molecular weight is 363 g/mol. The molecule has 22 heavy (non-hydrogen) atoms. The summed E-state index contributed by atoms with van der Waals surface area (Å²) in [5, 5.41) is 10.5. The average Bonchev–Trinajstić information content (AvgIpc) is 2.42. The van der Waals surface area contributed by atoms with Gasteiger partial charge in [0, 0.05) is 17.0 Å². The van der Waals surface area contributed by atoms with E-state index < -0.39 is 18.2 Å². The number of aliphatic hydroxyl groups excluding tert-OH is 1. The fraction of sp³-hybridized carbons (Fsp3) is 0.400. The van der Waals surface area contributed by atoms with Gasteiger partial charge in [0.1, 0.15) is 17.8 Å². The highest BCUT2D eigenvalue weighted by Gasteiger charge is 2.25. The number of benzene rings is 1. The molecule has 1 aliphatic heterocycles. The normalized spacial score (nSPS) is 21.9. The fourth-order valence-electron chi connectivity index (χ4n) is 2.10. The third-order valence-electron chi connectivity index (χ3n) is 3.06. The van der Waals surface area contributed by atoms with Crippen LogP contribution in [-0.2, 0) is 9.53 Å². The molecule has 120 valence electrons. The van der Waals surface area contributed by atoms with Gasteiger partial charge in [-0.05, 0) is 24.5 Å². The largest absolute Gasteiger partial charge is 0.482 e. The Balaban J connectivity index is 2.20. The topological polar surface area (TPSA) is 55.8 Å². The molecule has 1 heterocycles. The number of rotatable bonds is 5. The number of carbonyl (C=O) groups excluding carboxylic acids is 1. The number of ether oxygens (including phenoxy) is 2. The van der Waals surface area contributed by atoms with Crippen LogP contribution in [0.25, 0.3) is 6.08 Å². The van der Waals surface area contributed by atoms with E-state index in [1.807, 2.05) is 6.26 Å². The molecule has 0 aromatic heterocycles. The van der Waals surface area contributed by atoms with Crippen LogP contribution in [0.1, 0.15) is 18.4 Å². The van der Waals surface area contributed by atoms with E-state index in [2.05, 4.69) is 0 Å². The number of hydrogen-bond donors (Lipinski definition) is 1. The minimum Gasteiger partial charge on any atom is -0.482 e. The van der Waals surface area contributed by atoms with Crippen molar-refractivity contribution in [3.63, 3.8) is 0 Å². The number of cyclic esters (lactones) is 1. The first-order valence-electron chi connectivity index (χ1n) is 6.66. The molecule has 1 aromatic rings. The first-order valence-corrected chi connectivity index (χ1v) is 8.81. The Labute approximate surface area is 143 Å². The summed E-state index contributed by atoms with van der Waals surface area (Å²) in [5.74, 6) is 0.620. The van der Waals surface area contributed by atoms with E-state index in [9.17, 15) is 9.90 Å². The zero-order chi connectivity index (χ0) is 16.1. The maximum absolute atomic E-state index is 11.3. The van der Waals surface area contributed by atoms with Gasteiger partial charge in [0.2, 0.25) is 0 Å². The lowest BCUT2D eigenvalue weighted by atomic mass is 10.0. The summed E-state index contributed by atoms with van der Waals surface area (Å²) in [6.45, 7) is 0. The van der Waals surface area contributed by atoms with Crippen molar-refractivity contribution >= 4 is 47.0 Å². The predicted molar refractivity (Wildman–Crippen MR) is 89.6 cm³/mol. The van der Waals surface area contributed by atoms with Crippen molar-refractivity contribution in [3.8, 4) is 5.75 Å². The Morgan fingerprint density at radius 2 is 2.27 bits per heavy atom. The number of aliphatic hydroxyl groups is 1. The van der Waals surface area contributed by atoms with E-state index >= 15 is 0 Å². The van der Waals surface area contributed by atoms with Gasteiger partial charge in [0.25, 0.3) is 0 Å². The van der Waals surface area contributed by atoms with Crippen LogP contribution in [-0.4, -0.2) is 35.5 Å². The Kier molecular flexibility index (Phi) is 6.44. The number of hydrogen-bond acceptors (Lipinski definition) is 5. The van der Waals surface area contributed by atoms with E-state index in [-0.39, 0.29) is 6.42 Å². The number of esters is 1. The SMILES string of the molecule is CSCOc1cc(Cl)cc(Cl)c1/C=C/[C@@H]1C[C@@H](O)CC(=O)O1. The van der Waals surface area contributed by atoms with Gasteiger partial charge in [-0.3, -0.25) is 4.79 Å². The summed E-state index contributed by atoms with van der Waals surface area (Å²) in [6.07, 6.45) is 4.60. The van der Waals surface area contributed by atoms with Crippen molar-refractivity contribution in [2.45, 2.75) is 25.0 Å². The summed E-state index contributed by atoms with van der Waals surface area (Å²) in [6, 6.07) is 3.31. The zero-order valence-electron chi connectivity index (χ0n) is 11.9. The minimum atomic E-state index is -0.677. The van der Waals surface area contributed by atoms with Gasteiger partial charge >= 0.3 is 5.97 Å². The van der Waals surface area contributed by atoms with Gasteiger partial charge in [-0.2, -0.15) is 0 Å². The predicted octanol–water partition coefficient (Wildman–Crippen LogP) is 3.77. The molecular formula is C15H16Cl2O4S. The third kappa shape index (κ3) is 4.81. The van der Waals surface area contributed by atoms with E-state index in [1.54, 1.807) is 24.3 Å². The molecule has 1 aromatic carbocycles. The Morgan fingerprint density at radius 3 is 2.95 bits per heavy atom. The van der Waals surface area contributed by atoms with Crippen LogP contribution in [0.2, 0.25) is 10.0 Å². The molecule has 0 unspecified atom stereocenters. The zero-order valence-corrected chi connectivity index (χ0v) is 14.2. The molecule has 0 bridgehead atoms. The van der Waals surface area contributed by atoms with Gasteiger partial charge in [0.15, 0.2) is 0 Å². The molecule has 0 spiro atoms. The maximum Gasteiger partial charge on any atom is 0.309 e. The first kappa shape index (κ1) is 17.5. The Hall–Kier alpha value is -0.880. The van der Waals surface area contributed by atoms with Crippen molar-refractivity contribution in [3.05, 3.63) is 33.8 Å². The van der Waals surface area contributed by atoms with Crippen LogP contribution in [0.5, 0.6) is 5.75 Å². The van der Waals surface area contributed by atoms with Crippen LogP contribution < -0.4 is 4.74 Å². The van der Waals surface area contributed by atoms with Crippen molar-refractivity contribution < 1.29 is 19.4 Å². The lowest BCUT2D eigenvalue weighted by molar-refractivity contribution is -0.156. The van der Waals surface area contributed by atoms with Crippen LogP contribution in [0.4, 0.5) is 0 Å². The molecule has 2 rings (SSSR count).